The number of hydrogen-bond acceptors (Lipinski definition) is 3. The second-order valence-corrected chi connectivity index (χ2v) is 5.88. The molecule has 5 heteroatoms. The molecule has 0 radical (unpaired) electrons. The highest BCUT2D eigenvalue weighted by atomic mass is 35.5. The van der Waals surface area contributed by atoms with Crippen molar-refractivity contribution in [1.82, 2.24) is 0 Å². The van der Waals surface area contributed by atoms with Crippen molar-refractivity contribution in [2.45, 2.75) is 11.3 Å². The summed E-state index contributed by atoms with van der Waals surface area (Å²) >= 11 is 7.68. The van der Waals surface area contributed by atoms with Gasteiger partial charge in [0.25, 0.3) is 0 Å². The van der Waals surface area contributed by atoms with Crippen LogP contribution in [0.4, 0.5) is 5.69 Å². The molecule has 2 aromatic carbocycles. The van der Waals surface area contributed by atoms with Crippen molar-refractivity contribution in [3.8, 4) is 5.75 Å². The van der Waals surface area contributed by atoms with Gasteiger partial charge in [-0.2, -0.15) is 0 Å². The maximum atomic E-state index is 11.9. The highest BCUT2D eigenvalue weighted by Crippen LogP contribution is 2.27. The lowest BCUT2D eigenvalue weighted by atomic mass is 10.3. The predicted molar refractivity (Wildman–Crippen MR) is 88.4 cm³/mol. The number of benzene rings is 2. The number of anilines is 1. The van der Waals surface area contributed by atoms with Gasteiger partial charge in [0.15, 0.2) is 0 Å². The number of nitrogens with one attached hydrogen (secondary N) is 1. The lowest BCUT2D eigenvalue weighted by Gasteiger charge is -2.08. The van der Waals surface area contributed by atoms with E-state index in [-0.39, 0.29) is 5.91 Å². The first-order valence-corrected chi connectivity index (χ1v) is 7.86. The normalized spacial score (nSPS) is 10.2. The standard InChI is InChI=1S/C16H16ClNO2S/c1-20-15-8-7-12(11-14(15)17)18-16(19)9-10-21-13-5-3-2-4-6-13/h2-8,11H,9-10H2,1H3,(H,18,19). The number of carbonyl (C=O) groups excluding carboxylic acids is 1. The fourth-order valence-electron chi connectivity index (χ4n) is 1.75. The predicted octanol–water partition coefficient (Wildman–Crippen LogP) is 4.47. The molecule has 21 heavy (non-hydrogen) atoms. The van der Waals surface area contributed by atoms with Gasteiger partial charge in [-0.3, -0.25) is 4.79 Å². The molecule has 1 N–H and O–H groups in total. The minimum absolute atomic E-state index is 0.0281. The Hall–Kier alpha value is -1.65. The average molecular weight is 322 g/mol. The van der Waals surface area contributed by atoms with E-state index in [1.165, 1.54) is 0 Å². The molecule has 110 valence electrons. The molecular weight excluding hydrogens is 306 g/mol. The summed E-state index contributed by atoms with van der Waals surface area (Å²) in [4.78, 5) is 13.0. The Morgan fingerprint density at radius 1 is 1.24 bits per heavy atom. The van der Waals surface area contributed by atoms with Crippen LogP contribution in [0.2, 0.25) is 5.02 Å². The summed E-state index contributed by atoms with van der Waals surface area (Å²) in [6.07, 6.45) is 0.448. The van der Waals surface area contributed by atoms with Gasteiger partial charge in [-0.1, -0.05) is 29.8 Å². The van der Waals surface area contributed by atoms with Crippen LogP contribution in [0.3, 0.4) is 0 Å². The molecule has 0 spiro atoms. The number of methoxy groups -OCH3 is 1. The molecule has 0 unspecified atom stereocenters. The number of halogens is 1. The van der Waals surface area contributed by atoms with Gasteiger partial charge in [-0.05, 0) is 30.3 Å². The molecule has 0 aliphatic carbocycles. The second kappa shape index (κ2) is 7.96. The Morgan fingerprint density at radius 2 is 2.00 bits per heavy atom. The van der Waals surface area contributed by atoms with Gasteiger partial charge < -0.3 is 10.1 Å². The lowest BCUT2D eigenvalue weighted by molar-refractivity contribution is -0.115. The maximum absolute atomic E-state index is 11.9. The van der Waals surface area contributed by atoms with Gasteiger partial charge in [-0.15, -0.1) is 11.8 Å². The molecule has 3 nitrogen and oxygen atoms in total. The van der Waals surface area contributed by atoms with Crippen LogP contribution in [0.25, 0.3) is 0 Å². The van der Waals surface area contributed by atoms with Crippen molar-refractivity contribution >= 4 is 35.0 Å². The fraction of sp³-hybridized carbons (Fsp3) is 0.188. The smallest absolute Gasteiger partial charge is 0.225 e. The Morgan fingerprint density at radius 3 is 2.67 bits per heavy atom. The van der Waals surface area contributed by atoms with Crippen LogP contribution in [0, 0.1) is 0 Å². The van der Waals surface area contributed by atoms with E-state index < -0.39 is 0 Å². The molecule has 0 aromatic heterocycles. The van der Waals surface area contributed by atoms with E-state index in [0.29, 0.717) is 22.9 Å². The Bertz CT molecular complexity index is 604. The molecule has 0 aliphatic heterocycles. The van der Waals surface area contributed by atoms with Crippen LogP contribution in [0.5, 0.6) is 5.75 Å². The molecule has 1 amide bonds. The van der Waals surface area contributed by atoms with Crippen molar-refractivity contribution in [2.75, 3.05) is 18.2 Å². The van der Waals surface area contributed by atoms with Gasteiger partial charge in [0.2, 0.25) is 5.91 Å². The molecule has 0 fully saturated rings. The van der Waals surface area contributed by atoms with Crippen molar-refractivity contribution in [3.63, 3.8) is 0 Å². The zero-order valence-corrected chi connectivity index (χ0v) is 13.2. The van der Waals surface area contributed by atoms with E-state index in [2.05, 4.69) is 5.32 Å². The van der Waals surface area contributed by atoms with Crippen LogP contribution in [-0.2, 0) is 4.79 Å². The van der Waals surface area contributed by atoms with Crippen LogP contribution in [0.15, 0.2) is 53.4 Å². The van der Waals surface area contributed by atoms with Crippen LogP contribution >= 0.6 is 23.4 Å². The second-order valence-electron chi connectivity index (χ2n) is 4.31. The molecule has 0 saturated heterocycles. The lowest BCUT2D eigenvalue weighted by Crippen LogP contribution is -2.12. The molecule has 0 aliphatic rings. The third-order valence-electron chi connectivity index (χ3n) is 2.78. The summed E-state index contributed by atoms with van der Waals surface area (Å²) in [6, 6.07) is 15.2. The topological polar surface area (TPSA) is 38.3 Å². The van der Waals surface area contributed by atoms with E-state index in [4.69, 9.17) is 16.3 Å². The number of hydrogen-bond donors (Lipinski definition) is 1. The van der Waals surface area contributed by atoms with Crippen LogP contribution in [0.1, 0.15) is 6.42 Å². The zero-order chi connectivity index (χ0) is 15.1. The summed E-state index contributed by atoms with van der Waals surface area (Å²) in [5, 5.41) is 3.31. The summed E-state index contributed by atoms with van der Waals surface area (Å²) in [5.41, 5.74) is 0.676. The number of ether oxygens (including phenoxy) is 1. The highest BCUT2D eigenvalue weighted by Gasteiger charge is 2.06. The van der Waals surface area contributed by atoms with Crippen molar-refractivity contribution in [1.29, 1.82) is 0 Å². The third-order valence-corrected chi connectivity index (χ3v) is 4.09. The van der Waals surface area contributed by atoms with E-state index >= 15 is 0 Å². The van der Waals surface area contributed by atoms with E-state index in [1.54, 1.807) is 37.1 Å². The molecular formula is C16H16ClNO2S. The molecule has 0 saturated carbocycles. The highest BCUT2D eigenvalue weighted by molar-refractivity contribution is 7.99. The van der Waals surface area contributed by atoms with Crippen molar-refractivity contribution in [3.05, 3.63) is 53.6 Å². The van der Waals surface area contributed by atoms with Gasteiger partial charge in [0.05, 0.1) is 12.1 Å². The zero-order valence-electron chi connectivity index (χ0n) is 11.6. The summed E-state index contributed by atoms with van der Waals surface area (Å²) < 4.78 is 5.07. The molecule has 0 heterocycles. The molecule has 2 rings (SSSR count). The summed E-state index contributed by atoms with van der Waals surface area (Å²) in [7, 11) is 1.56. The minimum Gasteiger partial charge on any atom is -0.495 e. The average Bonchev–Trinajstić information content (AvgIpc) is 2.48. The number of amides is 1. The van der Waals surface area contributed by atoms with E-state index in [1.807, 2.05) is 30.3 Å². The Balaban J connectivity index is 1.80. The fourth-order valence-corrected chi connectivity index (χ4v) is 2.88. The van der Waals surface area contributed by atoms with Crippen LogP contribution in [-0.4, -0.2) is 18.8 Å². The number of thioether (sulfide) groups is 1. The monoisotopic (exact) mass is 321 g/mol. The largest absolute Gasteiger partial charge is 0.495 e. The molecule has 0 bridgehead atoms. The number of rotatable bonds is 6. The SMILES string of the molecule is COc1ccc(NC(=O)CCSc2ccccc2)cc1Cl. The number of carbonyl (C=O) groups is 1. The van der Waals surface area contributed by atoms with Crippen LogP contribution < -0.4 is 10.1 Å². The van der Waals surface area contributed by atoms with Gasteiger partial charge >= 0.3 is 0 Å². The maximum Gasteiger partial charge on any atom is 0.225 e. The minimum atomic E-state index is -0.0281. The van der Waals surface area contributed by atoms with E-state index in [0.717, 1.165) is 10.6 Å². The quantitative estimate of drug-likeness (QED) is 0.798. The Kier molecular flexibility index (Phi) is 5.96. The first-order chi connectivity index (χ1) is 10.2. The molecule has 2 aromatic rings. The first kappa shape index (κ1) is 15.7. The summed E-state index contributed by atoms with van der Waals surface area (Å²) in [5.74, 6) is 1.30. The summed E-state index contributed by atoms with van der Waals surface area (Å²) in [6.45, 7) is 0. The van der Waals surface area contributed by atoms with Crippen molar-refractivity contribution in [2.24, 2.45) is 0 Å². The first-order valence-electron chi connectivity index (χ1n) is 6.50. The van der Waals surface area contributed by atoms with Gasteiger partial charge in [0.1, 0.15) is 5.75 Å². The van der Waals surface area contributed by atoms with Gasteiger partial charge in [-0.25, -0.2) is 0 Å². The molecule has 0 atom stereocenters. The van der Waals surface area contributed by atoms with Gasteiger partial charge in [0, 0.05) is 22.8 Å². The van der Waals surface area contributed by atoms with Crippen molar-refractivity contribution < 1.29 is 9.53 Å². The Labute approximate surface area is 133 Å². The van der Waals surface area contributed by atoms with E-state index in [9.17, 15) is 4.79 Å². The third kappa shape index (κ3) is 4.99.